The summed E-state index contributed by atoms with van der Waals surface area (Å²) in [4.78, 5) is 6.73. The van der Waals surface area contributed by atoms with E-state index in [-0.39, 0.29) is 13.2 Å². The lowest BCUT2D eigenvalue weighted by molar-refractivity contribution is 0.165. The summed E-state index contributed by atoms with van der Waals surface area (Å²) in [5, 5.41) is 24.4. The highest BCUT2D eigenvalue weighted by atomic mass is 35.5. The number of halogens is 1. The Balaban J connectivity index is 1.96. The van der Waals surface area contributed by atoms with E-state index in [1.54, 1.807) is 7.11 Å². The van der Waals surface area contributed by atoms with E-state index >= 15 is 0 Å². The molecule has 27 heavy (non-hydrogen) atoms. The van der Waals surface area contributed by atoms with Gasteiger partial charge in [-0.1, -0.05) is 11.6 Å². The maximum absolute atomic E-state index is 9.17. The van der Waals surface area contributed by atoms with Gasteiger partial charge in [-0.25, -0.2) is 4.98 Å². The van der Waals surface area contributed by atoms with Crippen LogP contribution in [0.2, 0.25) is 5.02 Å². The summed E-state index contributed by atoms with van der Waals surface area (Å²) in [6, 6.07) is 11.5. The topological polar surface area (TPSA) is 77.9 Å². The normalized spacial score (nSPS) is 11.4. The Bertz CT molecular complexity index is 914. The molecule has 144 valence electrons. The van der Waals surface area contributed by atoms with Crippen molar-refractivity contribution in [3.05, 3.63) is 41.4 Å². The van der Waals surface area contributed by atoms with Gasteiger partial charge in [0.15, 0.2) is 0 Å². The second-order valence-electron chi connectivity index (χ2n) is 6.25. The maximum atomic E-state index is 9.17. The molecule has 0 saturated carbocycles. The number of nitrogens with zero attached hydrogens (tertiary/aromatic N) is 2. The molecular weight excluding hydrogens is 366 g/mol. The van der Waals surface area contributed by atoms with Crippen molar-refractivity contribution in [2.24, 2.45) is 0 Å². The van der Waals surface area contributed by atoms with E-state index in [0.29, 0.717) is 31.2 Å². The molecule has 6 nitrogen and oxygen atoms in total. The second kappa shape index (κ2) is 9.19. The summed E-state index contributed by atoms with van der Waals surface area (Å²) in [6.07, 6.45) is 0. The van der Waals surface area contributed by atoms with Crippen molar-refractivity contribution in [3.8, 4) is 5.75 Å². The fourth-order valence-corrected chi connectivity index (χ4v) is 3.34. The van der Waals surface area contributed by atoms with Crippen LogP contribution < -0.4 is 10.1 Å². The molecule has 0 bridgehead atoms. The summed E-state index contributed by atoms with van der Waals surface area (Å²) in [5.41, 5.74) is 2.65. The molecule has 0 aliphatic carbocycles. The van der Waals surface area contributed by atoms with Crippen molar-refractivity contribution >= 4 is 39.1 Å². The summed E-state index contributed by atoms with van der Waals surface area (Å²) < 4.78 is 5.37. The largest absolute Gasteiger partial charge is 0.497 e. The molecule has 0 aliphatic heterocycles. The third-order valence-electron chi connectivity index (χ3n) is 4.51. The van der Waals surface area contributed by atoms with Gasteiger partial charge in [-0.15, -0.1) is 0 Å². The summed E-state index contributed by atoms with van der Waals surface area (Å²) in [7, 11) is 1.64. The average Bonchev–Trinajstić information content (AvgIpc) is 2.67. The van der Waals surface area contributed by atoms with Crippen LogP contribution in [0.15, 0.2) is 36.4 Å². The van der Waals surface area contributed by atoms with Gasteiger partial charge in [-0.2, -0.15) is 0 Å². The molecule has 0 saturated heterocycles. The highest BCUT2D eigenvalue weighted by Gasteiger charge is 2.11. The molecule has 0 amide bonds. The first-order valence-corrected chi connectivity index (χ1v) is 9.29. The molecule has 3 N–H and O–H groups in total. The lowest BCUT2D eigenvalue weighted by Crippen LogP contribution is -2.34. The molecule has 0 unspecified atom stereocenters. The van der Waals surface area contributed by atoms with Crippen LogP contribution in [0.25, 0.3) is 21.8 Å². The van der Waals surface area contributed by atoms with Crippen molar-refractivity contribution < 1.29 is 14.9 Å². The summed E-state index contributed by atoms with van der Waals surface area (Å²) in [5.74, 6) is 0.767. The SMILES string of the molecule is COc1ccc2nc3cc(Cl)ccc3c(NCCN(CCO)CCO)c2c1. The monoisotopic (exact) mass is 389 g/mol. The van der Waals surface area contributed by atoms with Gasteiger partial charge in [-0.3, -0.25) is 4.90 Å². The van der Waals surface area contributed by atoms with Crippen molar-refractivity contribution in [1.29, 1.82) is 0 Å². The van der Waals surface area contributed by atoms with Crippen molar-refractivity contribution in [2.45, 2.75) is 0 Å². The number of fused-ring (bicyclic) bond motifs is 2. The van der Waals surface area contributed by atoms with Crippen LogP contribution in [0.1, 0.15) is 0 Å². The molecule has 3 aromatic rings. The Morgan fingerprint density at radius 2 is 1.78 bits per heavy atom. The smallest absolute Gasteiger partial charge is 0.119 e. The van der Waals surface area contributed by atoms with Gasteiger partial charge in [-0.05, 0) is 36.4 Å². The molecule has 1 heterocycles. The number of aliphatic hydroxyl groups excluding tert-OH is 2. The number of aliphatic hydroxyl groups is 2. The number of hydrogen-bond donors (Lipinski definition) is 3. The number of methoxy groups -OCH3 is 1. The fourth-order valence-electron chi connectivity index (χ4n) is 3.17. The van der Waals surface area contributed by atoms with Gasteiger partial charge in [0, 0.05) is 42.0 Å². The molecule has 2 aromatic carbocycles. The maximum Gasteiger partial charge on any atom is 0.119 e. The predicted octanol–water partition coefficient (Wildman–Crippen LogP) is 2.75. The quantitative estimate of drug-likeness (QED) is 0.488. The Labute approximate surface area is 163 Å². The van der Waals surface area contributed by atoms with Crippen molar-refractivity contribution in [3.63, 3.8) is 0 Å². The van der Waals surface area contributed by atoms with Crippen LogP contribution >= 0.6 is 11.6 Å². The minimum atomic E-state index is 0.0663. The molecule has 7 heteroatoms. The zero-order chi connectivity index (χ0) is 19.2. The fraction of sp³-hybridized carbons (Fsp3) is 0.350. The van der Waals surface area contributed by atoms with Crippen LogP contribution in [-0.4, -0.2) is 66.6 Å². The molecule has 0 radical (unpaired) electrons. The highest BCUT2D eigenvalue weighted by Crippen LogP contribution is 2.34. The number of aromatic nitrogens is 1. The first-order valence-electron chi connectivity index (χ1n) is 8.91. The number of anilines is 1. The average molecular weight is 390 g/mol. The Morgan fingerprint density at radius 1 is 1.00 bits per heavy atom. The van der Waals surface area contributed by atoms with Crippen LogP contribution in [0, 0.1) is 0 Å². The molecule has 0 fully saturated rings. The number of ether oxygens (including phenoxy) is 1. The van der Waals surface area contributed by atoms with Gasteiger partial charge in [0.25, 0.3) is 0 Å². The Hall–Kier alpha value is -2.12. The third-order valence-corrected chi connectivity index (χ3v) is 4.74. The molecule has 0 spiro atoms. The Kier molecular flexibility index (Phi) is 6.68. The lowest BCUT2D eigenvalue weighted by Gasteiger charge is -2.21. The third kappa shape index (κ3) is 4.59. The number of benzene rings is 2. The lowest BCUT2D eigenvalue weighted by atomic mass is 10.1. The second-order valence-corrected chi connectivity index (χ2v) is 6.68. The van der Waals surface area contributed by atoms with Crippen LogP contribution in [0.5, 0.6) is 5.75 Å². The molecule has 0 aliphatic rings. The summed E-state index contributed by atoms with van der Waals surface area (Å²) >= 11 is 6.15. The van der Waals surface area contributed by atoms with Gasteiger partial charge in [0.2, 0.25) is 0 Å². The van der Waals surface area contributed by atoms with Crippen LogP contribution in [0.3, 0.4) is 0 Å². The van der Waals surface area contributed by atoms with E-state index in [1.807, 2.05) is 41.3 Å². The van der Waals surface area contributed by atoms with Gasteiger partial charge < -0.3 is 20.3 Å². The first kappa shape index (κ1) is 19.6. The Morgan fingerprint density at radius 3 is 2.48 bits per heavy atom. The molecule has 3 rings (SSSR count). The highest BCUT2D eigenvalue weighted by molar-refractivity contribution is 6.31. The van der Waals surface area contributed by atoms with Crippen molar-refractivity contribution in [1.82, 2.24) is 9.88 Å². The summed E-state index contributed by atoms with van der Waals surface area (Å²) in [6.45, 7) is 2.55. The van der Waals surface area contributed by atoms with Crippen LogP contribution in [-0.2, 0) is 0 Å². The number of pyridine rings is 1. The molecular formula is C20H24ClN3O3. The number of nitrogens with one attached hydrogen (secondary N) is 1. The van der Waals surface area contributed by atoms with E-state index in [0.717, 1.165) is 33.2 Å². The zero-order valence-corrected chi connectivity index (χ0v) is 16.0. The first-order chi connectivity index (χ1) is 13.2. The number of rotatable bonds is 9. The van der Waals surface area contributed by atoms with E-state index in [1.165, 1.54) is 0 Å². The van der Waals surface area contributed by atoms with Gasteiger partial charge >= 0.3 is 0 Å². The predicted molar refractivity (Wildman–Crippen MR) is 110 cm³/mol. The van der Waals surface area contributed by atoms with E-state index in [9.17, 15) is 0 Å². The molecule has 0 atom stereocenters. The molecule has 1 aromatic heterocycles. The number of hydrogen-bond acceptors (Lipinski definition) is 6. The van der Waals surface area contributed by atoms with Crippen molar-refractivity contribution in [2.75, 3.05) is 51.8 Å². The standard InChI is InChI=1S/C20H24ClN3O3/c1-27-15-3-5-18-17(13-15)20(16-4-2-14(21)12-19(16)23-18)22-6-7-24(8-10-25)9-11-26/h2-5,12-13,25-26H,6-11H2,1H3,(H,22,23). The van der Waals surface area contributed by atoms with Crippen LogP contribution in [0.4, 0.5) is 5.69 Å². The van der Waals surface area contributed by atoms with Gasteiger partial charge in [0.05, 0.1) is 37.0 Å². The van der Waals surface area contributed by atoms with E-state index < -0.39 is 0 Å². The van der Waals surface area contributed by atoms with E-state index in [4.69, 9.17) is 31.5 Å². The van der Waals surface area contributed by atoms with E-state index in [2.05, 4.69) is 5.32 Å². The van der Waals surface area contributed by atoms with Gasteiger partial charge in [0.1, 0.15) is 5.75 Å². The minimum Gasteiger partial charge on any atom is -0.497 e. The minimum absolute atomic E-state index is 0.0663. The zero-order valence-electron chi connectivity index (χ0n) is 15.3.